The Kier molecular flexibility index (Phi) is 10.6. The lowest BCUT2D eigenvalue weighted by atomic mass is 9.83. The van der Waals surface area contributed by atoms with E-state index in [1.54, 1.807) is 47.4 Å². The molecule has 0 spiro atoms. The van der Waals surface area contributed by atoms with Crippen LogP contribution in [0.25, 0.3) is 16.9 Å². The third-order valence-electron chi connectivity index (χ3n) is 7.41. The van der Waals surface area contributed by atoms with Gasteiger partial charge in [-0.2, -0.15) is 5.10 Å². The van der Waals surface area contributed by atoms with Crippen molar-refractivity contribution in [1.29, 1.82) is 0 Å². The van der Waals surface area contributed by atoms with Crippen LogP contribution in [-0.2, 0) is 16.0 Å². The fraction of sp³-hybridized carbons (Fsp3) is 0.281. The van der Waals surface area contributed by atoms with E-state index < -0.39 is 29.8 Å². The normalized spacial score (nSPS) is 16.9. The van der Waals surface area contributed by atoms with Crippen molar-refractivity contribution in [3.63, 3.8) is 0 Å². The summed E-state index contributed by atoms with van der Waals surface area (Å²) < 4.78 is 1.61. The van der Waals surface area contributed by atoms with Crippen molar-refractivity contribution in [1.82, 2.24) is 25.4 Å². The first kappa shape index (κ1) is 31.7. The summed E-state index contributed by atoms with van der Waals surface area (Å²) in [4.78, 5) is 43.3. The zero-order valence-electron chi connectivity index (χ0n) is 22.7. The molecular formula is C32H34Cl2N6O3. The number of hydrogen-bond acceptors (Lipinski definition) is 5. The van der Waals surface area contributed by atoms with E-state index in [4.69, 9.17) is 28.9 Å². The minimum atomic E-state index is -0.859. The highest BCUT2D eigenvalue weighted by Gasteiger charge is 2.34. The van der Waals surface area contributed by atoms with Crippen molar-refractivity contribution >= 4 is 40.9 Å². The minimum absolute atomic E-state index is 0. The van der Waals surface area contributed by atoms with Gasteiger partial charge in [0.15, 0.2) is 5.69 Å². The molecule has 4 N–H and O–H groups in total. The first-order valence-electron chi connectivity index (χ1n) is 13.7. The topological polar surface area (TPSA) is 132 Å². The quantitative estimate of drug-likeness (QED) is 0.231. The molecule has 0 unspecified atom stereocenters. The average molecular weight is 622 g/mol. The number of amides is 3. The molecule has 43 heavy (non-hydrogen) atoms. The number of halogens is 2. The number of carbonyl (C=O) groups excluding carboxylic acids is 3. The van der Waals surface area contributed by atoms with Gasteiger partial charge < -0.3 is 16.4 Å². The van der Waals surface area contributed by atoms with E-state index in [0.29, 0.717) is 34.3 Å². The molecule has 5 rings (SSSR count). The molecular weight excluding hydrogens is 587 g/mol. The molecule has 2 heterocycles. The zero-order chi connectivity index (χ0) is 29.6. The molecule has 0 radical (unpaired) electrons. The Morgan fingerprint density at radius 2 is 1.74 bits per heavy atom. The van der Waals surface area contributed by atoms with Gasteiger partial charge in [0.05, 0.1) is 27.3 Å². The van der Waals surface area contributed by atoms with E-state index in [1.165, 1.54) is 0 Å². The van der Waals surface area contributed by atoms with E-state index >= 15 is 0 Å². The standard InChI is InChI=1S/C31H30Cl2N6O3.CH4/c32-23-13-12-21(16-24(23)33)39-28(20-9-6-14-35-18-20)17-27(38-39)31(42)36-25-11-5-4-10-22(25)30(41)37-26(29(34)40)15-19-7-2-1-3-8-19;/h1-3,6-9,12-14,16-18,22,25-26H,4-5,10-11,15H2,(H2,34,40)(H,36,42)(H,37,41);1H4/t22-,25+,26+;/m1./s1. The lowest BCUT2D eigenvalue weighted by Gasteiger charge is -2.32. The second kappa shape index (κ2) is 14.3. The number of nitrogens with zero attached hydrogens (tertiary/aromatic N) is 3. The van der Waals surface area contributed by atoms with Gasteiger partial charge in [-0.05, 0) is 54.8 Å². The molecule has 3 atom stereocenters. The molecule has 1 saturated carbocycles. The second-order valence-electron chi connectivity index (χ2n) is 10.3. The fourth-order valence-corrected chi connectivity index (χ4v) is 5.53. The average Bonchev–Trinajstić information content (AvgIpc) is 3.45. The molecule has 2 aromatic heterocycles. The van der Waals surface area contributed by atoms with Crippen LogP contribution in [0.3, 0.4) is 0 Å². The minimum Gasteiger partial charge on any atom is -0.368 e. The Hall–Kier alpha value is -4.21. The predicted molar refractivity (Wildman–Crippen MR) is 168 cm³/mol. The van der Waals surface area contributed by atoms with Gasteiger partial charge in [0.25, 0.3) is 5.91 Å². The molecule has 11 heteroatoms. The van der Waals surface area contributed by atoms with Gasteiger partial charge in [0.2, 0.25) is 11.8 Å². The van der Waals surface area contributed by atoms with Gasteiger partial charge in [0.1, 0.15) is 6.04 Å². The largest absolute Gasteiger partial charge is 0.368 e. The third-order valence-corrected chi connectivity index (χ3v) is 8.15. The van der Waals surface area contributed by atoms with Gasteiger partial charge in [-0.25, -0.2) is 4.68 Å². The highest BCUT2D eigenvalue weighted by atomic mass is 35.5. The van der Waals surface area contributed by atoms with E-state index in [2.05, 4.69) is 20.7 Å². The molecule has 4 aromatic rings. The summed E-state index contributed by atoms with van der Waals surface area (Å²) in [6.07, 6.45) is 6.51. The van der Waals surface area contributed by atoms with Gasteiger partial charge >= 0.3 is 0 Å². The molecule has 0 saturated heterocycles. The summed E-state index contributed by atoms with van der Waals surface area (Å²) >= 11 is 12.4. The monoisotopic (exact) mass is 620 g/mol. The number of rotatable bonds is 9. The maximum absolute atomic E-state index is 13.5. The number of nitrogens with one attached hydrogen (secondary N) is 2. The predicted octanol–water partition coefficient (Wildman–Crippen LogP) is 5.38. The Labute approximate surface area is 260 Å². The summed E-state index contributed by atoms with van der Waals surface area (Å²) in [6, 6.07) is 18.5. The van der Waals surface area contributed by atoms with Crippen molar-refractivity contribution in [3.05, 3.63) is 100 Å². The van der Waals surface area contributed by atoms with Gasteiger partial charge in [-0.1, -0.05) is 73.8 Å². The lowest BCUT2D eigenvalue weighted by Crippen LogP contribution is -2.53. The third kappa shape index (κ3) is 7.60. The highest BCUT2D eigenvalue weighted by molar-refractivity contribution is 6.42. The first-order chi connectivity index (χ1) is 20.3. The number of carbonyl (C=O) groups is 3. The fourth-order valence-electron chi connectivity index (χ4n) is 5.24. The molecule has 1 aliphatic rings. The Balaban J connectivity index is 0.00000423. The van der Waals surface area contributed by atoms with Crippen molar-refractivity contribution in [2.24, 2.45) is 11.7 Å². The van der Waals surface area contributed by atoms with Crippen LogP contribution in [-0.4, -0.2) is 44.6 Å². The number of aromatic nitrogens is 3. The first-order valence-corrected chi connectivity index (χ1v) is 14.5. The van der Waals surface area contributed by atoms with Crippen LogP contribution in [0.1, 0.15) is 49.2 Å². The van der Waals surface area contributed by atoms with E-state index in [0.717, 1.165) is 24.0 Å². The Bertz CT molecular complexity index is 1580. The molecule has 2 aromatic carbocycles. The summed E-state index contributed by atoms with van der Waals surface area (Å²) in [5, 5.41) is 11.2. The summed E-state index contributed by atoms with van der Waals surface area (Å²) in [6.45, 7) is 0. The lowest BCUT2D eigenvalue weighted by molar-refractivity contribution is -0.131. The molecule has 224 valence electrons. The van der Waals surface area contributed by atoms with Crippen molar-refractivity contribution in [2.45, 2.75) is 51.6 Å². The van der Waals surface area contributed by atoms with Crippen LogP contribution in [0.4, 0.5) is 0 Å². The summed E-state index contributed by atoms with van der Waals surface area (Å²) in [7, 11) is 0. The SMILES string of the molecule is C.NC(=O)[C@H](Cc1ccccc1)NC(=O)[C@@H]1CCCC[C@@H]1NC(=O)c1cc(-c2cccnc2)n(-c2ccc(Cl)c(Cl)c2)n1. The number of pyridine rings is 1. The summed E-state index contributed by atoms with van der Waals surface area (Å²) in [5.41, 5.74) is 8.69. The Morgan fingerprint density at radius 1 is 0.977 bits per heavy atom. The smallest absolute Gasteiger partial charge is 0.272 e. The van der Waals surface area contributed by atoms with Crippen LogP contribution >= 0.6 is 23.2 Å². The van der Waals surface area contributed by atoms with E-state index in [9.17, 15) is 14.4 Å². The molecule has 1 aliphatic carbocycles. The van der Waals surface area contributed by atoms with Crippen molar-refractivity contribution in [2.75, 3.05) is 0 Å². The molecule has 0 bridgehead atoms. The zero-order valence-corrected chi connectivity index (χ0v) is 24.2. The van der Waals surface area contributed by atoms with E-state index in [-0.39, 0.29) is 25.4 Å². The van der Waals surface area contributed by atoms with Crippen LogP contribution in [0, 0.1) is 5.92 Å². The summed E-state index contributed by atoms with van der Waals surface area (Å²) in [5.74, 6) is -1.86. The maximum atomic E-state index is 13.5. The van der Waals surface area contributed by atoms with Gasteiger partial charge in [-0.3, -0.25) is 19.4 Å². The van der Waals surface area contributed by atoms with Gasteiger partial charge in [-0.15, -0.1) is 0 Å². The maximum Gasteiger partial charge on any atom is 0.272 e. The van der Waals surface area contributed by atoms with Crippen LogP contribution in [0.5, 0.6) is 0 Å². The molecule has 0 aliphatic heterocycles. The van der Waals surface area contributed by atoms with Crippen LogP contribution in [0.2, 0.25) is 10.0 Å². The van der Waals surface area contributed by atoms with Crippen molar-refractivity contribution in [3.8, 4) is 16.9 Å². The molecule has 9 nitrogen and oxygen atoms in total. The number of hydrogen-bond donors (Lipinski definition) is 3. The highest BCUT2D eigenvalue weighted by Crippen LogP contribution is 2.29. The number of benzene rings is 2. The van der Waals surface area contributed by atoms with Crippen LogP contribution in [0.15, 0.2) is 79.1 Å². The second-order valence-corrected chi connectivity index (χ2v) is 11.1. The molecule has 1 fully saturated rings. The van der Waals surface area contributed by atoms with E-state index in [1.807, 2.05) is 36.4 Å². The number of nitrogens with two attached hydrogens (primary N) is 1. The molecule has 3 amide bonds. The van der Waals surface area contributed by atoms with Gasteiger partial charge in [0, 0.05) is 30.4 Å². The number of primary amides is 1. The van der Waals surface area contributed by atoms with Crippen molar-refractivity contribution < 1.29 is 14.4 Å². The Morgan fingerprint density at radius 3 is 2.44 bits per heavy atom. The van der Waals surface area contributed by atoms with Crippen LogP contribution < -0.4 is 16.4 Å².